The van der Waals surface area contributed by atoms with Gasteiger partial charge in [0.2, 0.25) is 0 Å². The van der Waals surface area contributed by atoms with Gasteiger partial charge in [0.15, 0.2) is 0 Å². The van der Waals surface area contributed by atoms with Gasteiger partial charge in [-0.2, -0.15) is 55.6 Å². The summed E-state index contributed by atoms with van der Waals surface area (Å²) in [5, 5.41) is 3.86. The molecule has 30 heavy (non-hydrogen) atoms. The third-order valence-corrected chi connectivity index (χ3v) is 6.60. The summed E-state index contributed by atoms with van der Waals surface area (Å²) in [4.78, 5) is 0. The Kier molecular flexibility index (Phi) is 12.0. The van der Waals surface area contributed by atoms with Crippen LogP contribution >= 0.6 is 0 Å². The smallest absolute Gasteiger partial charge is 0 e. The van der Waals surface area contributed by atoms with Gasteiger partial charge in [0, 0.05) is 21.7 Å². The second-order valence-electron chi connectivity index (χ2n) is 7.86. The summed E-state index contributed by atoms with van der Waals surface area (Å²) < 4.78 is 0. The zero-order valence-electron chi connectivity index (χ0n) is 20.5. The maximum absolute atomic E-state index is 5.07. The Morgan fingerprint density at radius 2 is 0.933 bits per heavy atom. The maximum atomic E-state index is 5.07. The summed E-state index contributed by atoms with van der Waals surface area (Å²) in [5.74, 6) is 0. The molecule has 3 aromatic rings. The van der Waals surface area contributed by atoms with E-state index in [2.05, 4.69) is 74.6 Å². The number of nitrogens with zero attached hydrogens (tertiary/aromatic N) is 1. The minimum absolute atomic E-state index is 0. The molecule has 3 rings (SSSR count). The molecule has 0 aliphatic carbocycles. The van der Waals surface area contributed by atoms with Crippen LogP contribution < -0.4 is 0 Å². The van der Waals surface area contributed by atoms with Crippen molar-refractivity contribution in [2.24, 2.45) is 0 Å². The van der Waals surface area contributed by atoms with Crippen molar-refractivity contribution in [3.63, 3.8) is 0 Å². The van der Waals surface area contributed by atoms with Gasteiger partial charge in [-0.1, -0.05) is 99.6 Å². The Morgan fingerprint density at radius 1 is 0.633 bits per heavy atom. The van der Waals surface area contributed by atoms with E-state index < -0.39 is 0 Å². The summed E-state index contributed by atoms with van der Waals surface area (Å²) in [7, 11) is 0. The standard InChI is InChI=1S/2C10H15.C8H7N.Ti/c2*1-6-7(2)9(4)10(5)8(6)3;1-2-9-8-6-4-3-5-7-8;/h2*1-5H3;1-7H;/q2*-1;-2;. The second kappa shape index (κ2) is 12.8. The topological polar surface area (TPSA) is 14.1 Å². The number of hydrogen-bond acceptors (Lipinski definition) is 0. The third-order valence-electron chi connectivity index (χ3n) is 6.60. The molecule has 0 bridgehead atoms. The Balaban J connectivity index is 0.000000414. The number of hydrogen-bond donors (Lipinski definition) is 0. The van der Waals surface area contributed by atoms with Gasteiger partial charge in [0.25, 0.3) is 0 Å². The maximum Gasteiger partial charge on any atom is 0 e. The van der Waals surface area contributed by atoms with Crippen molar-refractivity contribution in [1.29, 1.82) is 0 Å². The van der Waals surface area contributed by atoms with E-state index in [0.29, 0.717) is 0 Å². The minimum atomic E-state index is 0. The van der Waals surface area contributed by atoms with Crippen molar-refractivity contribution in [1.82, 2.24) is 0 Å². The molecule has 0 saturated heterocycles. The van der Waals surface area contributed by atoms with Gasteiger partial charge in [-0.15, -0.1) is 5.69 Å². The summed E-state index contributed by atoms with van der Waals surface area (Å²) in [6.45, 7) is 27.1. The van der Waals surface area contributed by atoms with Crippen LogP contribution in [0.5, 0.6) is 0 Å². The summed E-state index contributed by atoms with van der Waals surface area (Å²) in [5.41, 5.74) is 15.6. The predicted molar refractivity (Wildman–Crippen MR) is 130 cm³/mol. The normalized spacial score (nSPS) is 9.53. The van der Waals surface area contributed by atoms with E-state index in [1.54, 1.807) is 0 Å². The molecule has 0 aliphatic heterocycles. The van der Waals surface area contributed by atoms with Crippen LogP contribution in [0.15, 0.2) is 36.5 Å². The van der Waals surface area contributed by atoms with Crippen molar-refractivity contribution in [2.75, 3.05) is 0 Å². The van der Waals surface area contributed by atoms with Crippen molar-refractivity contribution in [2.45, 2.75) is 69.2 Å². The van der Waals surface area contributed by atoms with Crippen LogP contribution in [-0.2, 0) is 21.7 Å². The SMILES string of the molecule is Cc1c(C)c(C)[c-](C)c1C.Cc1c(C)c(C)[c-](C)c1C.[CH-]=C[N-]c1ccccc1.[Ti]. The van der Waals surface area contributed by atoms with Crippen LogP contribution in [-0.4, -0.2) is 0 Å². The molecule has 0 amide bonds. The van der Waals surface area contributed by atoms with Crippen molar-refractivity contribution in [3.05, 3.63) is 104 Å². The Bertz CT molecular complexity index is 723. The molecule has 0 N–H and O–H groups in total. The van der Waals surface area contributed by atoms with E-state index in [0.717, 1.165) is 5.69 Å². The van der Waals surface area contributed by atoms with Crippen LogP contribution in [0.2, 0.25) is 0 Å². The first-order valence-electron chi connectivity index (χ1n) is 10.2. The molecular formula is C28H37NTi-4. The van der Waals surface area contributed by atoms with E-state index >= 15 is 0 Å². The molecule has 0 saturated carbocycles. The number of rotatable bonds is 2. The fourth-order valence-electron chi connectivity index (χ4n) is 3.41. The van der Waals surface area contributed by atoms with E-state index in [1.807, 2.05) is 30.3 Å². The van der Waals surface area contributed by atoms with E-state index in [-0.39, 0.29) is 21.7 Å². The van der Waals surface area contributed by atoms with Gasteiger partial charge in [-0.3, -0.25) is 0 Å². The van der Waals surface area contributed by atoms with Gasteiger partial charge < -0.3 is 18.1 Å². The third kappa shape index (κ3) is 6.86. The fourth-order valence-corrected chi connectivity index (χ4v) is 3.41. The van der Waals surface area contributed by atoms with Gasteiger partial charge in [-0.05, 0) is 0 Å². The summed E-state index contributed by atoms with van der Waals surface area (Å²) >= 11 is 0. The molecule has 0 fully saturated rings. The van der Waals surface area contributed by atoms with Gasteiger partial charge >= 0.3 is 0 Å². The Morgan fingerprint density at radius 3 is 1.13 bits per heavy atom. The Hall–Kier alpha value is -1.83. The predicted octanol–water partition coefficient (Wildman–Crippen LogP) is 8.53. The van der Waals surface area contributed by atoms with E-state index in [9.17, 15) is 0 Å². The van der Waals surface area contributed by atoms with Crippen LogP contribution in [0.1, 0.15) is 55.6 Å². The van der Waals surface area contributed by atoms with E-state index in [4.69, 9.17) is 6.58 Å². The molecule has 0 aliphatic rings. The molecule has 0 radical (unpaired) electrons. The molecular weight excluding hydrogens is 398 g/mol. The number of benzene rings is 1. The van der Waals surface area contributed by atoms with Gasteiger partial charge in [0.1, 0.15) is 0 Å². The zero-order chi connectivity index (χ0) is 22.3. The first-order valence-corrected chi connectivity index (χ1v) is 10.2. The summed E-state index contributed by atoms with van der Waals surface area (Å²) in [6.07, 6.45) is 1.29. The van der Waals surface area contributed by atoms with E-state index in [1.165, 1.54) is 61.8 Å². The summed E-state index contributed by atoms with van der Waals surface area (Å²) in [6, 6.07) is 9.56. The molecule has 0 spiro atoms. The van der Waals surface area contributed by atoms with Gasteiger partial charge in [0.05, 0.1) is 0 Å². The Labute approximate surface area is 200 Å². The minimum Gasteiger partial charge on any atom is -0.694 e. The van der Waals surface area contributed by atoms with Crippen molar-refractivity contribution < 1.29 is 21.7 Å². The molecule has 2 heteroatoms. The van der Waals surface area contributed by atoms with Gasteiger partial charge in [-0.25, -0.2) is 0 Å². The molecule has 0 heterocycles. The monoisotopic (exact) mass is 435 g/mol. The van der Waals surface area contributed by atoms with Crippen LogP contribution in [0.3, 0.4) is 0 Å². The average molecular weight is 435 g/mol. The number of para-hydroxylation sites is 1. The second-order valence-corrected chi connectivity index (χ2v) is 7.86. The van der Waals surface area contributed by atoms with Crippen LogP contribution in [0.25, 0.3) is 5.32 Å². The molecule has 1 nitrogen and oxygen atoms in total. The average Bonchev–Trinajstić information content (AvgIpc) is 3.00. The zero-order valence-corrected chi connectivity index (χ0v) is 22.1. The molecule has 0 unspecified atom stereocenters. The molecule has 3 aromatic carbocycles. The first kappa shape index (κ1) is 28.2. The van der Waals surface area contributed by atoms with Crippen LogP contribution in [0, 0.1) is 75.8 Å². The largest absolute Gasteiger partial charge is 0.694 e. The molecule has 0 aromatic heterocycles. The first-order chi connectivity index (χ1) is 13.5. The fraction of sp³-hybridized carbons (Fsp3) is 0.357. The van der Waals surface area contributed by atoms with Crippen molar-refractivity contribution >= 4 is 5.69 Å². The quantitative estimate of drug-likeness (QED) is 0.283. The molecule has 162 valence electrons. The molecule has 0 atom stereocenters. The van der Waals surface area contributed by atoms with Crippen LogP contribution in [0.4, 0.5) is 5.69 Å². The van der Waals surface area contributed by atoms with Crippen molar-refractivity contribution in [3.8, 4) is 0 Å².